The van der Waals surface area contributed by atoms with Crippen LogP contribution in [0.5, 0.6) is 0 Å². The van der Waals surface area contributed by atoms with Gasteiger partial charge in [0.15, 0.2) is 0 Å². The molecule has 0 radical (unpaired) electrons. The van der Waals surface area contributed by atoms with Crippen LogP contribution in [-0.4, -0.2) is 25.7 Å². The van der Waals surface area contributed by atoms with Crippen LogP contribution in [0.4, 0.5) is 5.00 Å². The van der Waals surface area contributed by atoms with Crippen molar-refractivity contribution in [2.75, 3.05) is 19.5 Å². The Labute approximate surface area is 122 Å². The third kappa shape index (κ3) is 2.65. The topological polar surface area (TPSA) is 78.6 Å². The summed E-state index contributed by atoms with van der Waals surface area (Å²) in [6.45, 7) is 2.03. The van der Waals surface area contributed by atoms with Crippen LogP contribution in [0.2, 0.25) is 0 Å². The number of nitrogen functional groups attached to an aromatic ring is 1. The molecule has 0 aromatic carbocycles. The van der Waals surface area contributed by atoms with Gasteiger partial charge in [0.05, 0.1) is 25.2 Å². The standard InChI is InChI=1S/C14H19NO4S/c1-3-19-14(17)11-10-8(13(16)18-2)6-4-5-7-9(10)20-12(11)15/h8H,3-7,15H2,1-2H3. The summed E-state index contributed by atoms with van der Waals surface area (Å²) >= 11 is 1.39. The molecule has 110 valence electrons. The first-order valence-electron chi connectivity index (χ1n) is 6.76. The van der Waals surface area contributed by atoms with Gasteiger partial charge in [0.25, 0.3) is 0 Å². The number of aryl methyl sites for hydroxylation is 1. The molecule has 0 bridgehead atoms. The van der Waals surface area contributed by atoms with Gasteiger partial charge in [-0.05, 0) is 31.7 Å². The number of rotatable bonds is 3. The number of carbonyl (C=O) groups excluding carboxylic acids is 2. The van der Waals surface area contributed by atoms with E-state index in [0.717, 1.165) is 29.7 Å². The van der Waals surface area contributed by atoms with Crippen molar-refractivity contribution in [3.8, 4) is 0 Å². The normalized spacial score (nSPS) is 18.0. The molecule has 0 amide bonds. The molecule has 1 heterocycles. The summed E-state index contributed by atoms with van der Waals surface area (Å²) in [6.07, 6.45) is 3.45. The largest absolute Gasteiger partial charge is 0.469 e. The average molecular weight is 297 g/mol. The minimum Gasteiger partial charge on any atom is -0.469 e. The maximum Gasteiger partial charge on any atom is 0.341 e. The lowest BCUT2D eigenvalue weighted by molar-refractivity contribution is -0.142. The molecule has 6 heteroatoms. The highest BCUT2D eigenvalue weighted by atomic mass is 32.1. The van der Waals surface area contributed by atoms with Crippen LogP contribution < -0.4 is 5.73 Å². The molecule has 0 fully saturated rings. The van der Waals surface area contributed by atoms with Gasteiger partial charge in [0.2, 0.25) is 0 Å². The molecular formula is C14H19NO4S. The monoisotopic (exact) mass is 297 g/mol. The van der Waals surface area contributed by atoms with Gasteiger partial charge in [-0.3, -0.25) is 4.79 Å². The number of ether oxygens (including phenoxy) is 2. The van der Waals surface area contributed by atoms with Gasteiger partial charge in [-0.25, -0.2) is 4.79 Å². The number of hydrogen-bond donors (Lipinski definition) is 1. The smallest absolute Gasteiger partial charge is 0.341 e. The Kier molecular flexibility index (Phi) is 4.65. The van der Waals surface area contributed by atoms with Crippen molar-refractivity contribution in [1.29, 1.82) is 0 Å². The summed E-state index contributed by atoms with van der Waals surface area (Å²) in [5.74, 6) is -1.17. The Morgan fingerprint density at radius 2 is 2.15 bits per heavy atom. The number of nitrogens with two attached hydrogens (primary N) is 1. The third-order valence-electron chi connectivity index (χ3n) is 3.51. The number of carbonyl (C=O) groups is 2. The predicted molar refractivity (Wildman–Crippen MR) is 77.0 cm³/mol. The first-order chi connectivity index (χ1) is 9.60. The summed E-state index contributed by atoms with van der Waals surface area (Å²) in [4.78, 5) is 25.1. The summed E-state index contributed by atoms with van der Waals surface area (Å²) in [6, 6.07) is 0. The highest BCUT2D eigenvalue weighted by Crippen LogP contribution is 2.42. The van der Waals surface area contributed by atoms with Crippen LogP contribution in [0.3, 0.4) is 0 Å². The lowest BCUT2D eigenvalue weighted by Crippen LogP contribution is -2.18. The Morgan fingerprint density at radius 1 is 1.40 bits per heavy atom. The van der Waals surface area contributed by atoms with Crippen molar-refractivity contribution < 1.29 is 19.1 Å². The van der Waals surface area contributed by atoms with E-state index in [1.165, 1.54) is 18.4 Å². The van der Waals surface area contributed by atoms with E-state index in [1.807, 2.05) is 0 Å². The average Bonchev–Trinajstić information content (AvgIpc) is 2.61. The molecule has 1 aliphatic rings. The molecule has 1 aromatic rings. The van der Waals surface area contributed by atoms with Crippen LogP contribution in [0.25, 0.3) is 0 Å². The Morgan fingerprint density at radius 3 is 2.80 bits per heavy atom. The summed E-state index contributed by atoms with van der Waals surface area (Å²) < 4.78 is 9.95. The zero-order chi connectivity index (χ0) is 14.7. The van der Waals surface area contributed by atoms with Gasteiger partial charge in [0.1, 0.15) is 5.00 Å². The molecule has 2 rings (SSSR count). The Bertz CT molecular complexity index is 523. The lowest BCUT2D eigenvalue weighted by atomic mass is 9.93. The molecule has 0 spiro atoms. The number of hydrogen-bond acceptors (Lipinski definition) is 6. The van der Waals surface area contributed by atoms with Gasteiger partial charge in [-0.1, -0.05) is 6.42 Å². The van der Waals surface area contributed by atoms with Crippen molar-refractivity contribution in [1.82, 2.24) is 0 Å². The van der Waals surface area contributed by atoms with Crippen molar-refractivity contribution in [3.05, 3.63) is 16.0 Å². The van der Waals surface area contributed by atoms with Gasteiger partial charge in [-0.2, -0.15) is 0 Å². The fourth-order valence-electron chi connectivity index (χ4n) is 2.64. The summed E-state index contributed by atoms with van der Waals surface area (Å²) in [5, 5.41) is 0.434. The van der Waals surface area contributed by atoms with Gasteiger partial charge < -0.3 is 15.2 Å². The number of fused-ring (bicyclic) bond motifs is 1. The second-order valence-electron chi connectivity index (χ2n) is 4.72. The number of thiophene rings is 1. The predicted octanol–water partition coefficient (Wildman–Crippen LogP) is 2.49. The molecule has 2 N–H and O–H groups in total. The molecule has 5 nitrogen and oxygen atoms in total. The molecule has 0 aliphatic heterocycles. The van der Waals surface area contributed by atoms with Crippen molar-refractivity contribution >= 4 is 28.3 Å². The van der Waals surface area contributed by atoms with E-state index < -0.39 is 11.9 Å². The first kappa shape index (κ1) is 14.8. The van der Waals surface area contributed by atoms with E-state index in [4.69, 9.17) is 15.2 Å². The van der Waals surface area contributed by atoms with E-state index in [0.29, 0.717) is 17.0 Å². The summed E-state index contributed by atoms with van der Waals surface area (Å²) in [5.41, 5.74) is 7.07. The minimum absolute atomic E-state index is 0.284. The quantitative estimate of drug-likeness (QED) is 0.685. The fourth-order valence-corrected chi connectivity index (χ4v) is 3.80. The van der Waals surface area contributed by atoms with Crippen molar-refractivity contribution in [2.45, 2.75) is 38.5 Å². The number of methoxy groups -OCH3 is 1. The van der Waals surface area contributed by atoms with E-state index in [-0.39, 0.29) is 12.6 Å². The lowest BCUT2D eigenvalue weighted by Gasteiger charge is -2.14. The van der Waals surface area contributed by atoms with E-state index >= 15 is 0 Å². The molecular weight excluding hydrogens is 278 g/mol. The van der Waals surface area contributed by atoms with Crippen LogP contribution in [0.1, 0.15) is 52.9 Å². The van der Waals surface area contributed by atoms with Crippen LogP contribution in [0.15, 0.2) is 0 Å². The molecule has 1 aromatic heterocycles. The highest BCUT2D eigenvalue weighted by molar-refractivity contribution is 7.16. The molecule has 0 saturated carbocycles. The van der Waals surface area contributed by atoms with Crippen molar-refractivity contribution in [2.24, 2.45) is 0 Å². The summed E-state index contributed by atoms with van der Waals surface area (Å²) in [7, 11) is 1.37. The second-order valence-corrected chi connectivity index (χ2v) is 5.86. The highest BCUT2D eigenvalue weighted by Gasteiger charge is 2.34. The van der Waals surface area contributed by atoms with E-state index in [2.05, 4.69) is 0 Å². The second kappa shape index (κ2) is 6.26. The van der Waals surface area contributed by atoms with Gasteiger partial charge >= 0.3 is 11.9 Å². The molecule has 0 saturated heterocycles. The van der Waals surface area contributed by atoms with Crippen molar-refractivity contribution in [3.63, 3.8) is 0 Å². The molecule has 1 aliphatic carbocycles. The third-order valence-corrected chi connectivity index (χ3v) is 4.60. The molecule has 20 heavy (non-hydrogen) atoms. The van der Waals surface area contributed by atoms with Crippen LogP contribution in [0, 0.1) is 0 Å². The molecule has 1 atom stereocenters. The Hall–Kier alpha value is -1.56. The van der Waals surface area contributed by atoms with Gasteiger partial charge in [0, 0.05) is 4.88 Å². The Balaban J connectivity index is 2.51. The fraction of sp³-hybridized carbons (Fsp3) is 0.571. The van der Waals surface area contributed by atoms with E-state index in [1.54, 1.807) is 6.92 Å². The van der Waals surface area contributed by atoms with Crippen LogP contribution >= 0.6 is 11.3 Å². The number of anilines is 1. The van der Waals surface area contributed by atoms with Gasteiger partial charge in [-0.15, -0.1) is 11.3 Å². The van der Waals surface area contributed by atoms with Crippen LogP contribution in [-0.2, 0) is 20.7 Å². The zero-order valence-corrected chi connectivity index (χ0v) is 12.5. The molecule has 1 unspecified atom stereocenters. The maximum atomic E-state index is 12.1. The minimum atomic E-state index is -0.446. The first-order valence-corrected chi connectivity index (χ1v) is 7.57. The zero-order valence-electron chi connectivity index (χ0n) is 11.7. The number of esters is 2. The maximum absolute atomic E-state index is 12.1. The SMILES string of the molecule is CCOC(=O)c1c(N)sc2c1C(C(=O)OC)CCCC2. The van der Waals surface area contributed by atoms with E-state index in [9.17, 15) is 9.59 Å².